The zero-order chi connectivity index (χ0) is 12.1. The van der Waals surface area contributed by atoms with E-state index in [0.717, 1.165) is 0 Å². The van der Waals surface area contributed by atoms with Crippen LogP contribution in [0.3, 0.4) is 0 Å². The van der Waals surface area contributed by atoms with Gasteiger partial charge in [-0.2, -0.15) is 0 Å². The minimum atomic E-state index is -2.61. The number of esters is 1. The van der Waals surface area contributed by atoms with Crippen LogP contribution in [0.15, 0.2) is 12.1 Å². The molecule has 0 bridgehead atoms. The van der Waals surface area contributed by atoms with Crippen molar-refractivity contribution in [3.8, 4) is 0 Å². The fourth-order valence-electron chi connectivity index (χ4n) is 1.17. The highest BCUT2D eigenvalue weighted by Crippen LogP contribution is 2.20. The van der Waals surface area contributed by atoms with E-state index in [1.807, 2.05) is 0 Å². The lowest BCUT2D eigenvalue weighted by Gasteiger charge is -2.07. The van der Waals surface area contributed by atoms with E-state index in [1.54, 1.807) is 0 Å². The largest absolute Gasteiger partial charge is 0.469 e. The zero-order valence-corrected chi connectivity index (χ0v) is 10.1. The molecular formula is C10H10BrF2NO2. The smallest absolute Gasteiger partial charge is 0.310 e. The summed E-state index contributed by atoms with van der Waals surface area (Å²) in [6.07, 6.45) is -2.57. The number of methoxy groups -OCH3 is 1. The standard InChI is InChI=1S/C10H10BrF2NO2/c1-16-9(15)4-6-2-3-7(10(12)13)14-8(6)5-11/h2-3,10H,4-5H2,1H3. The van der Waals surface area contributed by atoms with Gasteiger partial charge in [-0.3, -0.25) is 9.78 Å². The summed E-state index contributed by atoms with van der Waals surface area (Å²) >= 11 is 3.14. The molecule has 0 N–H and O–H groups in total. The van der Waals surface area contributed by atoms with Gasteiger partial charge in [0.15, 0.2) is 0 Å². The van der Waals surface area contributed by atoms with E-state index in [-0.39, 0.29) is 12.1 Å². The highest BCUT2D eigenvalue weighted by Gasteiger charge is 2.14. The molecule has 0 aliphatic heterocycles. The van der Waals surface area contributed by atoms with Crippen molar-refractivity contribution in [2.24, 2.45) is 0 Å². The molecule has 0 atom stereocenters. The molecule has 0 aliphatic rings. The predicted molar refractivity (Wildman–Crippen MR) is 57.5 cm³/mol. The number of rotatable bonds is 4. The van der Waals surface area contributed by atoms with Gasteiger partial charge in [-0.25, -0.2) is 8.78 Å². The lowest BCUT2D eigenvalue weighted by Crippen LogP contribution is -2.08. The number of nitrogens with zero attached hydrogens (tertiary/aromatic N) is 1. The van der Waals surface area contributed by atoms with E-state index in [2.05, 4.69) is 25.7 Å². The van der Waals surface area contributed by atoms with Crippen LogP contribution in [0.5, 0.6) is 0 Å². The normalized spacial score (nSPS) is 10.6. The molecule has 0 saturated heterocycles. The molecule has 1 rings (SSSR count). The van der Waals surface area contributed by atoms with Crippen LogP contribution in [-0.2, 0) is 21.3 Å². The molecule has 6 heteroatoms. The van der Waals surface area contributed by atoms with Gasteiger partial charge >= 0.3 is 5.97 Å². The summed E-state index contributed by atoms with van der Waals surface area (Å²) in [5, 5.41) is 0.319. The van der Waals surface area contributed by atoms with Crippen LogP contribution in [0, 0.1) is 0 Å². The molecule has 0 spiro atoms. The van der Waals surface area contributed by atoms with Gasteiger partial charge in [0.2, 0.25) is 0 Å². The highest BCUT2D eigenvalue weighted by molar-refractivity contribution is 9.08. The molecule has 88 valence electrons. The number of carbonyl (C=O) groups is 1. The van der Waals surface area contributed by atoms with Crippen LogP contribution in [0.4, 0.5) is 8.78 Å². The van der Waals surface area contributed by atoms with Gasteiger partial charge in [-0.1, -0.05) is 22.0 Å². The van der Waals surface area contributed by atoms with Crippen molar-refractivity contribution in [2.75, 3.05) is 7.11 Å². The first-order valence-corrected chi connectivity index (χ1v) is 5.60. The molecule has 1 heterocycles. The highest BCUT2D eigenvalue weighted by atomic mass is 79.9. The summed E-state index contributed by atoms with van der Waals surface area (Å²) in [5.41, 5.74) is 0.736. The number of alkyl halides is 3. The monoisotopic (exact) mass is 293 g/mol. The summed E-state index contributed by atoms with van der Waals surface area (Å²) < 4.78 is 29.2. The number of hydrogen-bond donors (Lipinski definition) is 0. The number of pyridine rings is 1. The third kappa shape index (κ3) is 3.23. The number of carbonyl (C=O) groups excluding carboxylic acids is 1. The van der Waals surface area contributed by atoms with E-state index >= 15 is 0 Å². The van der Waals surface area contributed by atoms with Crippen molar-refractivity contribution >= 4 is 21.9 Å². The Hall–Kier alpha value is -1.04. The number of ether oxygens (including phenoxy) is 1. The SMILES string of the molecule is COC(=O)Cc1ccc(C(F)F)nc1CBr. The summed E-state index contributed by atoms with van der Waals surface area (Å²) in [5.74, 6) is -0.422. The predicted octanol–water partition coefficient (Wildman–Crippen LogP) is 2.63. The van der Waals surface area contributed by atoms with Crippen LogP contribution >= 0.6 is 15.9 Å². The fourth-order valence-corrected chi connectivity index (χ4v) is 1.66. The molecule has 0 saturated carbocycles. The van der Waals surface area contributed by atoms with Gasteiger partial charge in [0, 0.05) is 5.33 Å². The van der Waals surface area contributed by atoms with Crippen molar-refractivity contribution in [1.29, 1.82) is 0 Å². The third-order valence-corrected chi connectivity index (χ3v) is 2.53. The van der Waals surface area contributed by atoms with Crippen molar-refractivity contribution < 1.29 is 18.3 Å². The Morgan fingerprint density at radius 3 is 2.75 bits per heavy atom. The Morgan fingerprint density at radius 1 is 1.56 bits per heavy atom. The van der Waals surface area contributed by atoms with Crippen molar-refractivity contribution in [2.45, 2.75) is 18.2 Å². The van der Waals surface area contributed by atoms with E-state index in [0.29, 0.717) is 16.6 Å². The third-order valence-electron chi connectivity index (χ3n) is 2.00. The lowest BCUT2D eigenvalue weighted by atomic mass is 10.1. The maximum absolute atomic E-state index is 12.4. The summed E-state index contributed by atoms with van der Waals surface area (Å²) in [7, 11) is 1.27. The molecule has 1 aromatic heterocycles. The van der Waals surface area contributed by atoms with Crippen molar-refractivity contribution in [1.82, 2.24) is 4.98 Å². The van der Waals surface area contributed by atoms with Gasteiger partial charge < -0.3 is 4.74 Å². The van der Waals surface area contributed by atoms with Crippen LogP contribution in [0.2, 0.25) is 0 Å². The average Bonchev–Trinajstić information content (AvgIpc) is 2.29. The van der Waals surface area contributed by atoms with E-state index in [9.17, 15) is 13.6 Å². The van der Waals surface area contributed by atoms with Crippen LogP contribution < -0.4 is 0 Å². The second kappa shape index (κ2) is 5.89. The van der Waals surface area contributed by atoms with E-state index in [1.165, 1.54) is 19.2 Å². The first-order chi connectivity index (χ1) is 7.58. The molecular weight excluding hydrogens is 284 g/mol. The Morgan fingerprint density at radius 2 is 2.25 bits per heavy atom. The van der Waals surface area contributed by atoms with Crippen molar-refractivity contribution in [3.05, 3.63) is 29.1 Å². The second-order valence-corrected chi connectivity index (χ2v) is 3.59. The van der Waals surface area contributed by atoms with Gasteiger partial charge in [0.05, 0.1) is 19.2 Å². The Balaban J connectivity index is 2.97. The van der Waals surface area contributed by atoms with Crippen LogP contribution in [0.25, 0.3) is 0 Å². The molecule has 0 fully saturated rings. The summed E-state index contributed by atoms with van der Waals surface area (Å²) in [6.45, 7) is 0. The van der Waals surface area contributed by atoms with Gasteiger partial charge in [-0.05, 0) is 11.6 Å². The van der Waals surface area contributed by atoms with Gasteiger partial charge in [-0.15, -0.1) is 0 Å². The number of hydrogen-bond acceptors (Lipinski definition) is 3. The van der Waals surface area contributed by atoms with Gasteiger partial charge in [0.1, 0.15) is 5.69 Å². The topological polar surface area (TPSA) is 39.2 Å². The molecule has 0 aliphatic carbocycles. The fraction of sp³-hybridized carbons (Fsp3) is 0.400. The number of aromatic nitrogens is 1. The quantitative estimate of drug-likeness (QED) is 0.633. The second-order valence-electron chi connectivity index (χ2n) is 3.03. The zero-order valence-electron chi connectivity index (χ0n) is 8.54. The molecule has 0 radical (unpaired) electrons. The maximum atomic E-state index is 12.4. The molecule has 0 unspecified atom stereocenters. The average molecular weight is 294 g/mol. The first kappa shape index (κ1) is 13.0. The Bertz CT molecular complexity index is 385. The van der Waals surface area contributed by atoms with E-state index < -0.39 is 12.4 Å². The Labute approximate surface area is 99.9 Å². The number of halogens is 3. The van der Waals surface area contributed by atoms with Gasteiger partial charge in [0.25, 0.3) is 6.43 Å². The minimum absolute atomic E-state index is 0.0357. The lowest BCUT2D eigenvalue weighted by molar-refractivity contribution is -0.139. The minimum Gasteiger partial charge on any atom is -0.469 e. The van der Waals surface area contributed by atoms with Crippen molar-refractivity contribution in [3.63, 3.8) is 0 Å². The van der Waals surface area contributed by atoms with Crippen LogP contribution in [-0.4, -0.2) is 18.1 Å². The first-order valence-electron chi connectivity index (χ1n) is 4.48. The van der Waals surface area contributed by atoms with Crippen LogP contribution in [0.1, 0.15) is 23.4 Å². The summed E-state index contributed by atoms with van der Waals surface area (Å²) in [4.78, 5) is 14.8. The maximum Gasteiger partial charge on any atom is 0.310 e. The molecule has 1 aromatic rings. The van der Waals surface area contributed by atoms with E-state index in [4.69, 9.17) is 0 Å². The molecule has 0 amide bonds. The molecule has 16 heavy (non-hydrogen) atoms. The Kier molecular flexibility index (Phi) is 4.79. The summed E-state index contributed by atoms with van der Waals surface area (Å²) in [6, 6.07) is 2.69. The molecule has 3 nitrogen and oxygen atoms in total. The molecule has 0 aromatic carbocycles.